The Bertz CT molecular complexity index is 1710. The number of rotatable bonds is 11. The van der Waals surface area contributed by atoms with Crippen LogP contribution in [-0.2, 0) is 16.0 Å². The fourth-order valence-electron chi connectivity index (χ4n) is 6.90. The maximum Gasteiger partial charge on any atom is 0.251 e. The molecule has 6 rings (SSSR count). The van der Waals surface area contributed by atoms with Crippen LogP contribution in [0.1, 0.15) is 60.0 Å². The first-order chi connectivity index (χ1) is 23.9. The lowest BCUT2D eigenvalue weighted by molar-refractivity contribution is -0.130. The molecule has 2 heterocycles. The number of carbonyl (C=O) groups is 3. The van der Waals surface area contributed by atoms with Gasteiger partial charge in [0.15, 0.2) is 0 Å². The van der Waals surface area contributed by atoms with E-state index in [9.17, 15) is 14.4 Å². The minimum absolute atomic E-state index is 0.0564. The van der Waals surface area contributed by atoms with Gasteiger partial charge in [0.05, 0.1) is 0 Å². The zero-order valence-electron chi connectivity index (χ0n) is 27.9. The highest BCUT2D eigenvalue weighted by atomic mass is 16.2. The molecule has 0 unspecified atom stereocenters. The molecular weight excluding hydrogens is 618 g/mol. The summed E-state index contributed by atoms with van der Waals surface area (Å²) in [4.78, 5) is 41.7. The molecule has 2 aliphatic rings. The number of hydrogen-bond donors (Lipinski definition) is 6. The molecule has 0 radical (unpaired) electrons. The Morgan fingerprint density at radius 2 is 1.65 bits per heavy atom. The molecule has 7 N–H and O–H groups in total. The van der Waals surface area contributed by atoms with Crippen molar-refractivity contribution in [1.29, 1.82) is 0 Å². The van der Waals surface area contributed by atoms with E-state index in [-0.39, 0.29) is 36.1 Å². The lowest BCUT2D eigenvalue weighted by Gasteiger charge is -2.29. The van der Waals surface area contributed by atoms with Crippen LogP contribution in [0.5, 0.6) is 0 Å². The van der Waals surface area contributed by atoms with E-state index in [4.69, 9.17) is 5.73 Å². The predicted octanol–water partition coefficient (Wildman–Crippen LogP) is 3.76. The molecule has 0 spiro atoms. The van der Waals surface area contributed by atoms with E-state index in [0.29, 0.717) is 35.1 Å². The number of nitrogens with zero attached hydrogens (tertiary/aromatic N) is 3. The summed E-state index contributed by atoms with van der Waals surface area (Å²) in [5.74, 6) is -0.0335. The molecule has 12 nitrogen and oxygen atoms in total. The zero-order valence-corrected chi connectivity index (χ0v) is 27.9. The highest BCUT2D eigenvalue weighted by Gasteiger charge is 2.31. The number of benzene rings is 3. The smallest absolute Gasteiger partial charge is 0.251 e. The number of amides is 3. The summed E-state index contributed by atoms with van der Waals surface area (Å²) < 4.78 is 0. The van der Waals surface area contributed by atoms with Crippen molar-refractivity contribution in [1.82, 2.24) is 36.6 Å². The van der Waals surface area contributed by atoms with Crippen molar-refractivity contribution in [2.75, 3.05) is 25.0 Å². The highest BCUT2D eigenvalue weighted by molar-refractivity contribution is 6.00. The van der Waals surface area contributed by atoms with E-state index in [1.807, 2.05) is 49.4 Å². The maximum absolute atomic E-state index is 14.0. The molecular formula is C37H45N9O3. The van der Waals surface area contributed by atoms with Crippen molar-refractivity contribution in [3.8, 4) is 22.5 Å². The second-order valence-corrected chi connectivity index (χ2v) is 13.2. The van der Waals surface area contributed by atoms with Crippen molar-refractivity contribution in [3.05, 3.63) is 83.4 Å². The number of carbonyl (C=O) groups excluding carboxylic acids is 3. The van der Waals surface area contributed by atoms with Crippen molar-refractivity contribution in [2.24, 2.45) is 17.6 Å². The molecule has 1 atom stereocenters. The van der Waals surface area contributed by atoms with Gasteiger partial charge in [-0.15, -0.1) is 10.2 Å². The number of aromatic amines is 1. The Kier molecular flexibility index (Phi) is 11.1. The van der Waals surface area contributed by atoms with E-state index < -0.39 is 6.04 Å². The third-order valence-corrected chi connectivity index (χ3v) is 9.82. The molecule has 1 aliphatic carbocycles. The van der Waals surface area contributed by atoms with Crippen molar-refractivity contribution >= 4 is 23.4 Å². The molecule has 1 aliphatic heterocycles. The van der Waals surface area contributed by atoms with E-state index in [1.54, 1.807) is 24.3 Å². The van der Waals surface area contributed by atoms with Gasteiger partial charge in [-0.1, -0.05) is 36.4 Å². The largest absolute Gasteiger partial charge is 0.349 e. The van der Waals surface area contributed by atoms with Crippen LogP contribution in [0.25, 0.3) is 22.5 Å². The monoisotopic (exact) mass is 663 g/mol. The molecule has 256 valence electrons. The number of aryl methyl sites for hydroxylation is 1. The van der Waals surface area contributed by atoms with Gasteiger partial charge in [0.2, 0.25) is 17.6 Å². The molecule has 1 saturated carbocycles. The van der Waals surface area contributed by atoms with Crippen LogP contribution in [0, 0.1) is 18.8 Å². The Labute approximate surface area is 286 Å². The van der Waals surface area contributed by atoms with Gasteiger partial charge >= 0.3 is 0 Å². The van der Waals surface area contributed by atoms with E-state index in [1.165, 1.54) is 0 Å². The van der Waals surface area contributed by atoms with Crippen molar-refractivity contribution in [3.63, 3.8) is 0 Å². The first-order valence-electron chi connectivity index (χ1n) is 17.2. The molecule has 3 amide bonds. The Hall–Kier alpha value is -4.94. The van der Waals surface area contributed by atoms with Crippen LogP contribution in [-0.4, -0.2) is 70.1 Å². The Balaban J connectivity index is 1.29. The normalized spacial score (nSPS) is 18.7. The Morgan fingerprint density at radius 3 is 2.33 bits per heavy atom. The second-order valence-electron chi connectivity index (χ2n) is 13.2. The summed E-state index contributed by atoms with van der Waals surface area (Å²) in [5.41, 5.74) is 11.3. The number of nitrogens with one attached hydrogen (secondary N) is 5. The van der Waals surface area contributed by atoms with E-state index in [0.717, 1.165) is 73.9 Å². The number of nitrogens with two attached hydrogens (primary N) is 1. The summed E-state index contributed by atoms with van der Waals surface area (Å²) in [6, 6.07) is 20.1. The van der Waals surface area contributed by atoms with Crippen LogP contribution in [0.4, 0.5) is 5.69 Å². The molecule has 1 saturated heterocycles. The molecule has 0 bridgehead atoms. The first kappa shape index (κ1) is 33.9. The maximum atomic E-state index is 14.0. The summed E-state index contributed by atoms with van der Waals surface area (Å²) in [7, 11) is 0. The third-order valence-electron chi connectivity index (χ3n) is 9.82. The highest BCUT2D eigenvalue weighted by Crippen LogP contribution is 2.30. The number of anilines is 1. The van der Waals surface area contributed by atoms with Crippen molar-refractivity contribution < 1.29 is 14.4 Å². The van der Waals surface area contributed by atoms with Gasteiger partial charge in [0.1, 0.15) is 6.04 Å². The number of aromatic nitrogens is 4. The first-order valence-corrected chi connectivity index (χ1v) is 17.2. The van der Waals surface area contributed by atoms with Crippen LogP contribution >= 0.6 is 0 Å². The second kappa shape index (κ2) is 16.0. The van der Waals surface area contributed by atoms with Gasteiger partial charge in [0, 0.05) is 35.2 Å². The molecule has 4 aromatic rings. The molecule has 2 fully saturated rings. The average Bonchev–Trinajstić information content (AvgIpc) is 3.68. The van der Waals surface area contributed by atoms with Crippen molar-refractivity contribution in [2.45, 2.75) is 64.0 Å². The van der Waals surface area contributed by atoms with Crippen LogP contribution < -0.4 is 27.0 Å². The fraction of sp³-hybridized carbons (Fsp3) is 0.405. The lowest BCUT2D eigenvalue weighted by Crippen LogP contribution is -2.48. The fourth-order valence-corrected chi connectivity index (χ4v) is 6.90. The SMILES string of the molecule is Cc1cc(C[C@H](NC(=O)C2CCC(CN)CC2)C(=O)Nc2ccc(-c3nn[nH]n3)cc2)c(C(=O)NC2CCNCC2)cc1-c1ccccc1. The quantitative estimate of drug-likeness (QED) is 0.140. The van der Waals surface area contributed by atoms with E-state index >= 15 is 0 Å². The van der Waals surface area contributed by atoms with Crippen LogP contribution in [0.3, 0.4) is 0 Å². The number of hydrogen-bond acceptors (Lipinski definition) is 8. The van der Waals surface area contributed by atoms with Gasteiger partial charge in [0.25, 0.3) is 5.91 Å². The predicted molar refractivity (Wildman–Crippen MR) is 188 cm³/mol. The zero-order chi connectivity index (χ0) is 34.2. The molecule has 49 heavy (non-hydrogen) atoms. The van der Waals surface area contributed by atoms with Gasteiger partial charge in [-0.2, -0.15) is 5.21 Å². The average molecular weight is 664 g/mol. The van der Waals surface area contributed by atoms with E-state index in [2.05, 4.69) is 41.9 Å². The molecule has 3 aromatic carbocycles. The Morgan fingerprint density at radius 1 is 0.918 bits per heavy atom. The lowest BCUT2D eigenvalue weighted by atomic mass is 9.81. The standard InChI is InChI=1S/C37H45N9O3/c1-23-19-28(32(21-31(23)25-5-3-2-4-6-25)36(48)40-30-15-17-39-18-16-30)20-33(42-35(47)27-9-7-24(22-38)8-10-27)37(49)41-29-13-11-26(12-14-29)34-43-45-46-44-34/h2-6,11-14,19,21,24,27,30,33,39H,7-10,15-18,20,22,38H2,1H3,(H,40,48)(H,41,49)(H,42,47)(H,43,44,45,46)/t24?,27?,33-/m0/s1. The van der Waals surface area contributed by atoms with Gasteiger partial charge in [-0.25, -0.2) is 0 Å². The summed E-state index contributed by atoms with van der Waals surface area (Å²) in [5, 5.41) is 26.7. The summed E-state index contributed by atoms with van der Waals surface area (Å²) in [6.45, 7) is 4.32. The minimum atomic E-state index is -0.927. The minimum Gasteiger partial charge on any atom is -0.349 e. The van der Waals surface area contributed by atoms with Gasteiger partial charge < -0.3 is 27.0 Å². The van der Waals surface area contributed by atoms with Crippen LogP contribution in [0.2, 0.25) is 0 Å². The number of tetrazole rings is 1. The summed E-state index contributed by atoms with van der Waals surface area (Å²) >= 11 is 0. The third kappa shape index (κ3) is 8.57. The molecule has 12 heteroatoms. The van der Waals surface area contributed by atoms with Gasteiger partial charge in [-0.05, 0) is 129 Å². The van der Waals surface area contributed by atoms with Crippen LogP contribution in [0.15, 0.2) is 66.7 Å². The number of piperidine rings is 1. The molecule has 1 aromatic heterocycles. The van der Waals surface area contributed by atoms with Gasteiger partial charge in [-0.3, -0.25) is 14.4 Å². The number of H-pyrrole nitrogens is 1. The topological polar surface area (TPSA) is 180 Å². The summed E-state index contributed by atoms with van der Waals surface area (Å²) in [6.07, 6.45) is 5.07.